The van der Waals surface area contributed by atoms with E-state index < -0.39 is 4.92 Å². The molecule has 0 aliphatic rings. The van der Waals surface area contributed by atoms with Crippen molar-refractivity contribution in [2.24, 2.45) is 7.05 Å². The molecular weight excluding hydrogens is 272 g/mol. The van der Waals surface area contributed by atoms with Crippen LogP contribution in [-0.2, 0) is 13.7 Å². The predicted octanol–water partition coefficient (Wildman–Crippen LogP) is 2.26. The van der Waals surface area contributed by atoms with Gasteiger partial charge in [0.25, 0.3) is 5.69 Å². The molecule has 8 heteroatoms. The summed E-state index contributed by atoms with van der Waals surface area (Å²) in [7, 11) is 1.81. The summed E-state index contributed by atoms with van der Waals surface area (Å²) in [5, 5.41) is 18.8. The summed E-state index contributed by atoms with van der Waals surface area (Å²) < 4.78 is 7.22. The molecule has 0 saturated heterocycles. The maximum atomic E-state index is 10.7. The number of aromatic nitrogens is 3. The number of nitrogens with zero attached hydrogens (tertiary/aromatic N) is 4. The van der Waals surface area contributed by atoms with Crippen LogP contribution in [0.25, 0.3) is 0 Å². The zero-order chi connectivity index (χ0) is 14.0. The molecule has 2 aromatic rings. The Balaban J connectivity index is 2.17. The minimum absolute atomic E-state index is 0.0754. The highest BCUT2D eigenvalue weighted by atomic mass is 35.5. The van der Waals surface area contributed by atoms with Crippen LogP contribution in [0.3, 0.4) is 0 Å². The van der Waals surface area contributed by atoms with E-state index in [4.69, 9.17) is 16.3 Å². The van der Waals surface area contributed by atoms with E-state index in [0.717, 1.165) is 5.82 Å². The van der Waals surface area contributed by atoms with Gasteiger partial charge in [0.2, 0.25) is 0 Å². The number of hydrogen-bond acceptors (Lipinski definition) is 5. The highest BCUT2D eigenvalue weighted by molar-refractivity contribution is 6.32. The quantitative estimate of drug-likeness (QED) is 0.634. The molecule has 1 aromatic carbocycles. The largest absolute Gasteiger partial charge is 0.484 e. The number of aryl methyl sites for hydroxylation is 1. The van der Waals surface area contributed by atoms with E-state index in [1.807, 2.05) is 14.0 Å². The normalized spacial score (nSPS) is 10.5. The SMILES string of the molecule is Cc1nnc(COc2cc([N+](=O)[O-])ccc2Cl)n1C. The summed E-state index contributed by atoms with van der Waals surface area (Å²) in [5.74, 6) is 1.61. The molecular formula is C11H11ClN4O3. The summed E-state index contributed by atoms with van der Waals surface area (Å²) >= 11 is 5.92. The molecule has 0 unspecified atom stereocenters. The topological polar surface area (TPSA) is 83.1 Å². The Hall–Kier alpha value is -2.15. The van der Waals surface area contributed by atoms with Crippen LogP contribution in [0.5, 0.6) is 5.75 Å². The lowest BCUT2D eigenvalue weighted by atomic mass is 10.3. The molecule has 0 aliphatic carbocycles. The molecule has 0 aliphatic heterocycles. The molecule has 0 bridgehead atoms. The maximum Gasteiger partial charge on any atom is 0.273 e. The lowest BCUT2D eigenvalue weighted by Gasteiger charge is -2.07. The highest BCUT2D eigenvalue weighted by Crippen LogP contribution is 2.29. The summed E-state index contributed by atoms with van der Waals surface area (Å²) in [6, 6.07) is 4.03. The molecule has 0 saturated carbocycles. The molecule has 1 heterocycles. The van der Waals surface area contributed by atoms with Gasteiger partial charge in [0.1, 0.15) is 18.2 Å². The molecule has 0 N–H and O–H groups in total. The van der Waals surface area contributed by atoms with Crippen molar-refractivity contribution in [2.45, 2.75) is 13.5 Å². The molecule has 0 spiro atoms. The highest BCUT2D eigenvalue weighted by Gasteiger charge is 2.12. The monoisotopic (exact) mass is 282 g/mol. The number of halogens is 1. The molecule has 0 amide bonds. The standard InChI is InChI=1S/C11H11ClN4O3/c1-7-13-14-11(15(7)2)6-19-10-5-8(16(17)18)3-4-9(10)12/h3-5H,6H2,1-2H3. The van der Waals surface area contributed by atoms with Crippen molar-refractivity contribution >= 4 is 17.3 Å². The lowest BCUT2D eigenvalue weighted by molar-refractivity contribution is -0.384. The number of rotatable bonds is 4. The Kier molecular flexibility index (Phi) is 3.66. The van der Waals surface area contributed by atoms with Crippen LogP contribution in [0.15, 0.2) is 18.2 Å². The van der Waals surface area contributed by atoms with Crippen molar-refractivity contribution in [3.63, 3.8) is 0 Å². The van der Waals surface area contributed by atoms with Gasteiger partial charge in [-0.1, -0.05) is 11.6 Å². The average molecular weight is 283 g/mol. The third-order valence-corrected chi connectivity index (χ3v) is 2.98. The number of ether oxygens (including phenoxy) is 1. The zero-order valence-electron chi connectivity index (χ0n) is 10.3. The van der Waals surface area contributed by atoms with Gasteiger partial charge < -0.3 is 9.30 Å². The third kappa shape index (κ3) is 2.82. The summed E-state index contributed by atoms with van der Waals surface area (Å²) in [4.78, 5) is 10.2. The number of benzene rings is 1. The second kappa shape index (κ2) is 5.23. The smallest absolute Gasteiger partial charge is 0.273 e. The first-order valence-corrected chi connectivity index (χ1v) is 5.78. The molecule has 100 valence electrons. The van der Waals surface area contributed by atoms with Crippen LogP contribution >= 0.6 is 11.6 Å². The number of non-ortho nitro benzene ring substituents is 1. The van der Waals surface area contributed by atoms with E-state index in [2.05, 4.69) is 10.2 Å². The van der Waals surface area contributed by atoms with E-state index in [1.54, 1.807) is 4.57 Å². The van der Waals surface area contributed by atoms with Crippen LogP contribution in [0.4, 0.5) is 5.69 Å². The van der Waals surface area contributed by atoms with Crippen LogP contribution in [0.2, 0.25) is 5.02 Å². The van der Waals surface area contributed by atoms with Crippen LogP contribution < -0.4 is 4.74 Å². The van der Waals surface area contributed by atoms with Crippen LogP contribution in [0.1, 0.15) is 11.6 Å². The molecule has 0 atom stereocenters. The third-order valence-electron chi connectivity index (χ3n) is 2.67. The lowest BCUT2D eigenvalue weighted by Crippen LogP contribution is -2.05. The number of nitro benzene ring substituents is 1. The van der Waals surface area contributed by atoms with Crippen molar-refractivity contribution in [1.82, 2.24) is 14.8 Å². The fourth-order valence-corrected chi connectivity index (χ4v) is 1.61. The van der Waals surface area contributed by atoms with Gasteiger partial charge in [-0.2, -0.15) is 0 Å². The van der Waals surface area contributed by atoms with Crippen molar-refractivity contribution < 1.29 is 9.66 Å². The van der Waals surface area contributed by atoms with E-state index in [1.165, 1.54) is 18.2 Å². The Morgan fingerprint density at radius 2 is 2.21 bits per heavy atom. The van der Waals surface area contributed by atoms with Gasteiger partial charge in [-0.3, -0.25) is 10.1 Å². The van der Waals surface area contributed by atoms with E-state index in [-0.39, 0.29) is 18.0 Å². The summed E-state index contributed by atoms with van der Waals surface area (Å²) in [6.45, 7) is 1.95. The zero-order valence-corrected chi connectivity index (χ0v) is 11.1. The fourth-order valence-electron chi connectivity index (χ4n) is 1.44. The van der Waals surface area contributed by atoms with Gasteiger partial charge in [-0.25, -0.2) is 0 Å². The molecule has 7 nitrogen and oxygen atoms in total. The van der Waals surface area contributed by atoms with Crippen molar-refractivity contribution in [2.75, 3.05) is 0 Å². The van der Waals surface area contributed by atoms with Crippen molar-refractivity contribution in [3.05, 3.63) is 45.0 Å². The minimum atomic E-state index is -0.504. The Labute approximate surface area is 113 Å². The second-order valence-corrected chi connectivity index (χ2v) is 4.29. The predicted molar refractivity (Wildman–Crippen MR) is 68.2 cm³/mol. The summed E-state index contributed by atoms with van der Waals surface area (Å²) in [5.41, 5.74) is -0.0754. The van der Waals surface area contributed by atoms with Gasteiger partial charge in [0, 0.05) is 13.1 Å². The Morgan fingerprint density at radius 1 is 1.47 bits per heavy atom. The average Bonchev–Trinajstić information content (AvgIpc) is 2.69. The van der Waals surface area contributed by atoms with Crippen LogP contribution in [0, 0.1) is 17.0 Å². The second-order valence-electron chi connectivity index (χ2n) is 3.88. The maximum absolute atomic E-state index is 10.7. The first-order chi connectivity index (χ1) is 8.99. The molecule has 2 rings (SSSR count). The van der Waals surface area contributed by atoms with E-state index in [9.17, 15) is 10.1 Å². The Bertz CT molecular complexity index is 626. The molecule has 0 radical (unpaired) electrons. The first-order valence-electron chi connectivity index (χ1n) is 5.40. The Morgan fingerprint density at radius 3 is 2.79 bits per heavy atom. The van der Waals surface area contributed by atoms with Crippen molar-refractivity contribution in [1.29, 1.82) is 0 Å². The fraction of sp³-hybridized carbons (Fsp3) is 0.273. The van der Waals surface area contributed by atoms with E-state index in [0.29, 0.717) is 10.8 Å². The molecule has 19 heavy (non-hydrogen) atoms. The van der Waals surface area contributed by atoms with Gasteiger partial charge in [0.15, 0.2) is 5.82 Å². The first kappa shape index (κ1) is 13.3. The minimum Gasteiger partial charge on any atom is -0.484 e. The number of nitro groups is 1. The van der Waals surface area contributed by atoms with Gasteiger partial charge in [-0.15, -0.1) is 10.2 Å². The summed E-state index contributed by atoms with van der Waals surface area (Å²) in [6.07, 6.45) is 0. The van der Waals surface area contributed by atoms with Gasteiger partial charge >= 0.3 is 0 Å². The van der Waals surface area contributed by atoms with Gasteiger partial charge in [0.05, 0.1) is 16.0 Å². The van der Waals surface area contributed by atoms with Crippen LogP contribution in [-0.4, -0.2) is 19.7 Å². The van der Waals surface area contributed by atoms with Gasteiger partial charge in [-0.05, 0) is 13.0 Å². The van der Waals surface area contributed by atoms with Crippen molar-refractivity contribution in [3.8, 4) is 5.75 Å². The van der Waals surface area contributed by atoms with E-state index >= 15 is 0 Å². The molecule has 0 fully saturated rings. The number of hydrogen-bond donors (Lipinski definition) is 0. The molecule has 1 aromatic heterocycles.